The summed E-state index contributed by atoms with van der Waals surface area (Å²) in [5, 5.41) is 10.6. The quantitative estimate of drug-likeness (QED) is 0.228. The van der Waals surface area contributed by atoms with Gasteiger partial charge in [-0.2, -0.15) is 0 Å². The van der Waals surface area contributed by atoms with Crippen LogP contribution in [-0.4, -0.2) is 37.3 Å². The Bertz CT molecular complexity index is 773. The summed E-state index contributed by atoms with van der Waals surface area (Å²) in [6.07, 6.45) is 0.984. The van der Waals surface area contributed by atoms with Crippen LogP contribution in [0.25, 0.3) is 0 Å². The monoisotopic (exact) mass is 403 g/mol. The third-order valence-electron chi connectivity index (χ3n) is 3.81. The zero-order valence-corrected chi connectivity index (χ0v) is 16.5. The molecule has 0 aliphatic heterocycles. The van der Waals surface area contributed by atoms with Crippen LogP contribution in [0.3, 0.4) is 0 Å². The minimum Gasteiger partial charge on any atom is -0.494 e. The van der Waals surface area contributed by atoms with Crippen molar-refractivity contribution < 1.29 is 28.7 Å². The molecule has 8 heteroatoms. The topological polar surface area (TPSA) is 97.1 Å². The molecule has 0 fully saturated rings. The van der Waals surface area contributed by atoms with E-state index in [0.29, 0.717) is 24.0 Å². The van der Waals surface area contributed by atoms with Crippen LogP contribution in [0.15, 0.2) is 48.5 Å². The van der Waals surface area contributed by atoms with Crippen molar-refractivity contribution in [3.8, 4) is 17.2 Å². The third-order valence-corrected chi connectivity index (χ3v) is 3.81. The van der Waals surface area contributed by atoms with Crippen LogP contribution in [0.1, 0.15) is 20.3 Å². The number of hydrogen-bond acceptors (Lipinski definition) is 7. The predicted octanol–water partition coefficient (Wildman–Crippen LogP) is 4.02. The van der Waals surface area contributed by atoms with Crippen molar-refractivity contribution >= 4 is 11.7 Å². The van der Waals surface area contributed by atoms with Gasteiger partial charge in [0, 0.05) is 12.1 Å². The maximum absolute atomic E-state index is 11.7. The highest BCUT2D eigenvalue weighted by Gasteiger charge is 2.07. The Labute approximate surface area is 169 Å². The summed E-state index contributed by atoms with van der Waals surface area (Å²) in [7, 11) is 0. The van der Waals surface area contributed by atoms with Gasteiger partial charge in [0.2, 0.25) is 0 Å². The first-order valence-corrected chi connectivity index (χ1v) is 9.32. The van der Waals surface area contributed by atoms with E-state index in [1.807, 2.05) is 0 Å². The zero-order chi connectivity index (χ0) is 21.1. The highest BCUT2D eigenvalue weighted by atomic mass is 16.6. The fourth-order valence-electron chi connectivity index (χ4n) is 2.21. The van der Waals surface area contributed by atoms with E-state index >= 15 is 0 Å². The van der Waals surface area contributed by atoms with Crippen LogP contribution >= 0.6 is 0 Å². The molecule has 0 saturated carbocycles. The van der Waals surface area contributed by atoms with E-state index in [0.717, 1.165) is 12.2 Å². The van der Waals surface area contributed by atoms with Gasteiger partial charge in [-0.1, -0.05) is 13.8 Å². The molecule has 0 radical (unpaired) electrons. The number of carbonyl (C=O) groups is 1. The molecule has 29 heavy (non-hydrogen) atoms. The third kappa shape index (κ3) is 8.50. The van der Waals surface area contributed by atoms with Crippen LogP contribution in [0, 0.1) is 16.0 Å². The Hall–Kier alpha value is -3.29. The van der Waals surface area contributed by atoms with Gasteiger partial charge in [0.05, 0.1) is 11.5 Å². The van der Waals surface area contributed by atoms with E-state index < -0.39 is 10.9 Å². The normalized spacial score (nSPS) is 10.4. The maximum atomic E-state index is 11.7. The van der Waals surface area contributed by atoms with Crippen LogP contribution in [0.4, 0.5) is 5.69 Å². The lowest BCUT2D eigenvalue weighted by atomic mass is 10.1. The van der Waals surface area contributed by atoms with E-state index in [9.17, 15) is 14.9 Å². The minimum absolute atomic E-state index is 0.0175. The molecule has 0 unspecified atom stereocenters. The molecule has 0 aliphatic carbocycles. The molecule has 0 N–H and O–H groups in total. The van der Waals surface area contributed by atoms with Crippen LogP contribution in [0.2, 0.25) is 0 Å². The van der Waals surface area contributed by atoms with Crippen LogP contribution in [-0.2, 0) is 9.53 Å². The Morgan fingerprint density at radius 1 is 0.862 bits per heavy atom. The first kappa shape index (κ1) is 22.0. The van der Waals surface area contributed by atoms with Crippen molar-refractivity contribution in [1.82, 2.24) is 0 Å². The van der Waals surface area contributed by atoms with Crippen molar-refractivity contribution in [1.29, 1.82) is 0 Å². The molecule has 2 aromatic rings. The Kier molecular flexibility index (Phi) is 8.75. The molecule has 2 rings (SSSR count). The summed E-state index contributed by atoms with van der Waals surface area (Å²) in [5.74, 6) is 1.82. The van der Waals surface area contributed by atoms with Gasteiger partial charge in [0.1, 0.15) is 30.5 Å². The second kappa shape index (κ2) is 11.5. The number of benzene rings is 2. The van der Waals surface area contributed by atoms with Gasteiger partial charge in [0.25, 0.3) is 5.69 Å². The van der Waals surface area contributed by atoms with Crippen LogP contribution < -0.4 is 14.2 Å². The molecule has 0 aliphatic rings. The Balaban J connectivity index is 1.61. The van der Waals surface area contributed by atoms with Gasteiger partial charge in [-0.25, -0.2) is 4.79 Å². The van der Waals surface area contributed by atoms with Crippen molar-refractivity contribution in [2.75, 3.05) is 26.4 Å². The van der Waals surface area contributed by atoms with E-state index in [1.165, 1.54) is 24.3 Å². The molecule has 0 bridgehead atoms. The minimum atomic E-state index is -0.519. The molecule has 0 heterocycles. The first-order valence-electron chi connectivity index (χ1n) is 9.32. The Morgan fingerprint density at radius 2 is 1.38 bits per heavy atom. The lowest BCUT2D eigenvalue weighted by molar-refractivity contribution is -0.384. The number of non-ortho nitro benzene ring substituents is 1. The average molecular weight is 403 g/mol. The number of hydrogen-bond donors (Lipinski definition) is 0. The molecule has 0 saturated heterocycles. The molecule has 0 aromatic heterocycles. The second-order valence-electron chi connectivity index (χ2n) is 6.61. The lowest BCUT2D eigenvalue weighted by Crippen LogP contribution is -2.18. The highest BCUT2D eigenvalue weighted by molar-refractivity contribution is 5.71. The van der Waals surface area contributed by atoms with Crippen molar-refractivity contribution in [2.24, 2.45) is 5.92 Å². The molecule has 0 atom stereocenters. The lowest BCUT2D eigenvalue weighted by Gasteiger charge is -2.10. The SMILES string of the molecule is CC(C)CCOc1ccc(OCC(=O)OCCOc2ccc([N+](=O)[O-])cc2)cc1. The Morgan fingerprint density at radius 3 is 1.93 bits per heavy atom. The van der Waals surface area contributed by atoms with Crippen molar-refractivity contribution in [3.63, 3.8) is 0 Å². The highest BCUT2D eigenvalue weighted by Crippen LogP contribution is 2.19. The number of nitro benzene ring substituents is 1. The summed E-state index contributed by atoms with van der Waals surface area (Å²) < 4.78 is 21.4. The van der Waals surface area contributed by atoms with E-state index in [4.69, 9.17) is 18.9 Å². The van der Waals surface area contributed by atoms with Gasteiger partial charge in [0.15, 0.2) is 6.61 Å². The maximum Gasteiger partial charge on any atom is 0.344 e. The van der Waals surface area contributed by atoms with E-state index in [1.54, 1.807) is 24.3 Å². The molecule has 0 amide bonds. The zero-order valence-electron chi connectivity index (χ0n) is 16.5. The van der Waals surface area contributed by atoms with E-state index in [-0.39, 0.29) is 25.5 Å². The summed E-state index contributed by atoms with van der Waals surface area (Å²) in [4.78, 5) is 21.8. The summed E-state index contributed by atoms with van der Waals surface area (Å²) in [6, 6.07) is 12.7. The average Bonchev–Trinajstić information content (AvgIpc) is 2.70. The van der Waals surface area contributed by atoms with Crippen LogP contribution in [0.5, 0.6) is 17.2 Å². The number of rotatable bonds is 12. The molecule has 0 spiro atoms. The number of nitro groups is 1. The number of carbonyl (C=O) groups excluding carboxylic acids is 1. The van der Waals surface area contributed by atoms with Gasteiger partial charge < -0.3 is 18.9 Å². The van der Waals surface area contributed by atoms with Gasteiger partial charge in [-0.05, 0) is 48.7 Å². The predicted molar refractivity (Wildman–Crippen MR) is 106 cm³/mol. The number of nitrogens with zero attached hydrogens (tertiary/aromatic N) is 1. The van der Waals surface area contributed by atoms with Crippen molar-refractivity contribution in [2.45, 2.75) is 20.3 Å². The largest absolute Gasteiger partial charge is 0.494 e. The number of esters is 1. The molecular formula is C21H25NO7. The standard InChI is InChI=1S/C21H25NO7/c1-16(2)11-12-26-19-7-9-20(10-8-19)29-15-21(23)28-14-13-27-18-5-3-17(4-6-18)22(24)25/h3-10,16H,11-15H2,1-2H3. The smallest absolute Gasteiger partial charge is 0.344 e. The fraction of sp³-hybridized carbons (Fsp3) is 0.381. The van der Waals surface area contributed by atoms with Gasteiger partial charge in [-0.3, -0.25) is 10.1 Å². The molecule has 156 valence electrons. The summed E-state index contributed by atoms with van der Waals surface area (Å²) in [5.41, 5.74) is -0.0175. The van der Waals surface area contributed by atoms with Gasteiger partial charge >= 0.3 is 5.97 Å². The molecule has 8 nitrogen and oxygen atoms in total. The summed E-state index contributed by atoms with van der Waals surface area (Å²) in [6.45, 7) is 4.90. The number of ether oxygens (including phenoxy) is 4. The van der Waals surface area contributed by atoms with E-state index in [2.05, 4.69) is 13.8 Å². The molecular weight excluding hydrogens is 378 g/mol. The van der Waals surface area contributed by atoms with Crippen molar-refractivity contribution in [3.05, 3.63) is 58.6 Å². The van der Waals surface area contributed by atoms with Gasteiger partial charge in [-0.15, -0.1) is 0 Å². The fourth-order valence-corrected chi connectivity index (χ4v) is 2.21. The second-order valence-corrected chi connectivity index (χ2v) is 6.61. The first-order chi connectivity index (χ1) is 13.9. The molecule has 2 aromatic carbocycles. The summed E-state index contributed by atoms with van der Waals surface area (Å²) >= 11 is 0.